The lowest BCUT2D eigenvalue weighted by atomic mass is 9.78. The topological polar surface area (TPSA) is 150 Å². The van der Waals surface area contributed by atoms with E-state index >= 15 is 17.6 Å². The summed E-state index contributed by atoms with van der Waals surface area (Å²) in [7, 11) is -13.6. The minimum atomic E-state index is -6.78. The van der Waals surface area contributed by atoms with E-state index < -0.39 is 121 Å². The number of hydrogen-bond donors (Lipinski definition) is 1. The Morgan fingerprint density at radius 3 is 1.59 bits per heavy atom. The molecule has 5 rings (SSSR count). The van der Waals surface area contributed by atoms with Gasteiger partial charge in [-0.2, -0.15) is 43.2 Å². The van der Waals surface area contributed by atoms with Crippen molar-refractivity contribution in [2.24, 2.45) is 0 Å². The number of esters is 1. The minimum Gasteiger partial charge on any atom is -0.478 e. The summed E-state index contributed by atoms with van der Waals surface area (Å²) >= 11 is -0.388. The van der Waals surface area contributed by atoms with Gasteiger partial charge in [0.1, 0.15) is 0 Å². The van der Waals surface area contributed by atoms with Crippen molar-refractivity contribution in [1.29, 1.82) is 0 Å². The first-order chi connectivity index (χ1) is 20.9. The molecule has 0 saturated heterocycles. The second-order valence-corrected chi connectivity index (χ2v) is 13.1. The summed E-state index contributed by atoms with van der Waals surface area (Å²) in [6, 6.07) is 2.28. The molecule has 0 aliphatic carbocycles. The van der Waals surface area contributed by atoms with E-state index in [1.807, 2.05) is 0 Å². The fourth-order valence-corrected chi connectivity index (χ4v) is 6.53. The first-order valence-electron chi connectivity index (χ1n) is 11.3. The highest BCUT2D eigenvalue weighted by Gasteiger charge is 2.57. The van der Waals surface area contributed by atoms with Crippen molar-refractivity contribution in [1.82, 2.24) is 0 Å². The van der Waals surface area contributed by atoms with Gasteiger partial charge in [0.25, 0.3) is 0 Å². The van der Waals surface area contributed by atoms with Crippen molar-refractivity contribution in [2.45, 2.75) is 26.4 Å². The highest BCUT2D eigenvalue weighted by Crippen LogP contribution is 2.60. The van der Waals surface area contributed by atoms with E-state index in [2.05, 4.69) is 8.37 Å². The number of halogens is 10. The first-order valence-corrected chi connectivity index (χ1v) is 14.9. The van der Waals surface area contributed by atoms with Gasteiger partial charge >= 0.3 is 43.2 Å². The van der Waals surface area contributed by atoms with Crippen LogP contribution in [0, 0.1) is 23.3 Å². The Morgan fingerprint density at radius 2 is 1.20 bits per heavy atom. The molecule has 0 saturated carbocycles. The Kier molecular flexibility index (Phi) is 7.29. The zero-order valence-electron chi connectivity index (χ0n) is 21.0. The number of hydrogen-bond acceptors (Lipinski definition) is 10. The van der Waals surface area contributed by atoms with Gasteiger partial charge in [0.15, 0.2) is 28.9 Å². The fourth-order valence-electron chi connectivity index (χ4n) is 4.41. The Morgan fingerprint density at radius 1 is 0.761 bits per heavy atom. The maximum absolute atomic E-state index is 15.7. The maximum Gasteiger partial charge on any atom is 0.534 e. The second kappa shape index (κ2) is 10.1. The van der Waals surface area contributed by atoms with Crippen LogP contribution in [0.25, 0.3) is 0 Å². The van der Waals surface area contributed by atoms with Crippen LogP contribution >= 0.6 is 11.8 Å². The van der Waals surface area contributed by atoms with Gasteiger partial charge in [-0.15, -0.1) is 0 Å². The molecule has 3 aromatic carbocycles. The molecule has 0 bridgehead atoms. The predicted molar refractivity (Wildman–Crippen MR) is 127 cm³/mol. The Balaban J connectivity index is 1.87. The highest BCUT2D eigenvalue weighted by molar-refractivity contribution is 7.99. The number of carboxylic acids is 1. The second-order valence-electron chi connectivity index (χ2n) is 8.96. The SMILES string of the molecule is O=C(O)c1ccc2c(c1)C(=O)OC21c2cc(F)c(OS(=O)(=O)C(F)(F)F)c(F)c2Sc2c1cc(F)c(OS(=O)(=O)C(F)(F)F)c2F. The minimum absolute atomic E-state index is 0.0530. The Hall–Kier alpha value is -4.25. The van der Waals surface area contributed by atoms with E-state index in [1.165, 1.54) is 0 Å². The van der Waals surface area contributed by atoms with Crippen LogP contribution in [0.1, 0.15) is 37.4 Å². The monoisotopic (exact) mass is 728 g/mol. The largest absolute Gasteiger partial charge is 0.534 e. The molecule has 1 N–H and O–H groups in total. The van der Waals surface area contributed by atoms with Crippen LogP contribution < -0.4 is 8.37 Å². The van der Waals surface area contributed by atoms with Crippen molar-refractivity contribution in [3.05, 3.63) is 81.4 Å². The van der Waals surface area contributed by atoms with Gasteiger partial charge in [-0.3, -0.25) is 0 Å². The van der Waals surface area contributed by atoms with Crippen LogP contribution in [0.3, 0.4) is 0 Å². The summed E-state index contributed by atoms with van der Waals surface area (Å²) in [5.41, 5.74) is -19.4. The van der Waals surface area contributed by atoms with Gasteiger partial charge in [0.2, 0.25) is 11.5 Å². The molecule has 3 aromatic rings. The average molecular weight is 728 g/mol. The van der Waals surface area contributed by atoms with Crippen LogP contribution in [-0.4, -0.2) is 44.9 Å². The number of aromatic carboxylic acids is 1. The summed E-state index contributed by atoms with van der Waals surface area (Å²) in [5, 5.41) is 9.29. The predicted octanol–water partition coefficient (Wildman–Crippen LogP) is 5.32. The van der Waals surface area contributed by atoms with E-state index in [-0.39, 0.29) is 23.9 Å². The third-order valence-electron chi connectivity index (χ3n) is 6.29. The average Bonchev–Trinajstić information content (AvgIpc) is 3.21. The molecule has 10 nitrogen and oxygen atoms in total. The number of carboxylic acid groups (broad SMARTS) is 1. The van der Waals surface area contributed by atoms with Crippen molar-refractivity contribution in [3.8, 4) is 11.5 Å². The lowest BCUT2D eigenvalue weighted by molar-refractivity contribution is -0.0506. The van der Waals surface area contributed by atoms with Crippen LogP contribution in [-0.2, 0) is 30.6 Å². The lowest BCUT2D eigenvalue weighted by Gasteiger charge is -2.37. The summed E-state index contributed by atoms with van der Waals surface area (Å²) in [6.45, 7) is 0. The van der Waals surface area contributed by atoms with Crippen LogP contribution in [0.5, 0.6) is 11.5 Å². The van der Waals surface area contributed by atoms with Gasteiger partial charge in [0, 0.05) is 16.7 Å². The number of fused-ring (bicyclic) bond motifs is 6. The summed E-state index contributed by atoms with van der Waals surface area (Å²) in [4.78, 5) is 21.8. The fraction of sp³-hybridized carbons (Fsp3) is 0.130. The van der Waals surface area contributed by atoms with Crippen LogP contribution in [0.4, 0.5) is 43.9 Å². The number of carbonyl (C=O) groups excluding carboxylic acids is 1. The number of carbonyl (C=O) groups is 2. The summed E-state index contributed by atoms with van der Waals surface area (Å²) in [6.07, 6.45) is 0. The molecule has 246 valence electrons. The molecule has 0 amide bonds. The molecular formula is C23H6F10O10S3. The van der Waals surface area contributed by atoms with E-state index in [1.54, 1.807) is 0 Å². The van der Waals surface area contributed by atoms with Crippen molar-refractivity contribution >= 4 is 43.9 Å². The molecule has 1 spiro atoms. The molecular weight excluding hydrogens is 722 g/mol. The third-order valence-corrected chi connectivity index (χ3v) is 9.40. The smallest absolute Gasteiger partial charge is 0.478 e. The van der Waals surface area contributed by atoms with Crippen LogP contribution in [0.15, 0.2) is 40.1 Å². The van der Waals surface area contributed by atoms with Crippen molar-refractivity contribution < 1.29 is 88.5 Å². The zero-order valence-corrected chi connectivity index (χ0v) is 23.5. The molecule has 0 aromatic heterocycles. The van der Waals surface area contributed by atoms with Crippen molar-refractivity contribution in [3.63, 3.8) is 0 Å². The Bertz CT molecular complexity index is 2000. The Labute approximate surface area is 251 Å². The van der Waals surface area contributed by atoms with Gasteiger partial charge in [-0.1, -0.05) is 17.8 Å². The quantitative estimate of drug-likeness (QED) is 0.157. The summed E-state index contributed by atoms with van der Waals surface area (Å²) < 4.78 is 198. The van der Waals surface area contributed by atoms with Gasteiger partial charge in [0.05, 0.1) is 20.9 Å². The van der Waals surface area contributed by atoms with E-state index in [4.69, 9.17) is 4.74 Å². The molecule has 0 radical (unpaired) electrons. The molecule has 2 aliphatic heterocycles. The maximum atomic E-state index is 15.7. The first kappa shape index (κ1) is 33.1. The summed E-state index contributed by atoms with van der Waals surface area (Å²) in [5.74, 6) is -16.8. The van der Waals surface area contributed by atoms with Crippen LogP contribution in [0.2, 0.25) is 0 Å². The molecule has 46 heavy (non-hydrogen) atoms. The molecule has 23 heteroatoms. The zero-order chi connectivity index (χ0) is 34.5. The number of rotatable bonds is 5. The van der Waals surface area contributed by atoms with Crippen molar-refractivity contribution in [2.75, 3.05) is 0 Å². The van der Waals surface area contributed by atoms with E-state index in [0.29, 0.717) is 6.07 Å². The van der Waals surface area contributed by atoms with E-state index in [0.717, 1.165) is 12.1 Å². The third kappa shape index (κ3) is 4.78. The standard InChI is InChI=1S/C23H6F10O10S3/c24-11-4-9-17(13(26)15(11)42-45(37,38)22(28,29)30)44-18-10(5-12(25)16(14(18)27)43-46(39,40)23(31,32)33)21(9)8-2-1-6(19(34)35)3-7(8)20(36)41-21/h1-5H,(H,34,35). The number of ether oxygens (including phenoxy) is 1. The molecule has 2 aliphatic rings. The molecule has 0 unspecified atom stereocenters. The number of alkyl halides is 6. The number of benzene rings is 3. The molecule has 2 heterocycles. The highest BCUT2D eigenvalue weighted by atomic mass is 32.2. The van der Waals surface area contributed by atoms with Gasteiger partial charge in [-0.25, -0.2) is 27.2 Å². The van der Waals surface area contributed by atoms with Gasteiger partial charge in [-0.05, 0) is 24.3 Å². The lowest BCUT2D eigenvalue weighted by Crippen LogP contribution is -2.35. The van der Waals surface area contributed by atoms with Gasteiger partial charge < -0.3 is 18.2 Å². The molecule has 0 atom stereocenters. The van der Waals surface area contributed by atoms with E-state index in [9.17, 15) is 57.9 Å². The molecule has 0 fully saturated rings. The normalized spacial score (nSPS) is 15.6.